The summed E-state index contributed by atoms with van der Waals surface area (Å²) in [4.78, 5) is 25.0. The number of rotatable bonds is 4. The molecule has 0 amide bonds. The van der Waals surface area contributed by atoms with Crippen LogP contribution in [0.2, 0.25) is 0 Å². The summed E-state index contributed by atoms with van der Waals surface area (Å²) in [6.45, 7) is 1.90. The zero-order valence-corrected chi connectivity index (χ0v) is 13.4. The van der Waals surface area contributed by atoms with Crippen LogP contribution in [0, 0.1) is 6.92 Å². The number of pyridine rings is 1. The predicted molar refractivity (Wildman–Crippen MR) is 94.5 cm³/mol. The predicted octanol–water partition coefficient (Wildman–Crippen LogP) is 3.00. The molecule has 5 nitrogen and oxygen atoms in total. The Bertz CT molecular complexity index is 946. The van der Waals surface area contributed by atoms with Crippen molar-refractivity contribution in [1.29, 1.82) is 0 Å². The third-order valence-corrected chi connectivity index (χ3v) is 3.79. The summed E-state index contributed by atoms with van der Waals surface area (Å²) in [6, 6.07) is 16.2. The molecule has 24 heavy (non-hydrogen) atoms. The maximum absolute atomic E-state index is 12.6. The molecular formula is C19H18N2O3. The fraction of sp³-hybridized carbons (Fsp3) is 0.158. The number of nitrogens with zero attached hydrogens (tertiary/aromatic N) is 1. The van der Waals surface area contributed by atoms with Gasteiger partial charge in [0, 0.05) is 11.3 Å². The van der Waals surface area contributed by atoms with E-state index in [2.05, 4.69) is 0 Å². The highest BCUT2D eigenvalue weighted by atomic mass is 16.5. The Hall–Kier alpha value is -3.08. The molecule has 3 aromatic rings. The van der Waals surface area contributed by atoms with E-state index >= 15 is 0 Å². The molecule has 0 spiro atoms. The summed E-state index contributed by atoms with van der Waals surface area (Å²) in [7, 11) is 0. The van der Waals surface area contributed by atoms with Gasteiger partial charge in [-0.15, -0.1) is 0 Å². The minimum Gasteiger partial charge on any atom is -0.493 e. The Morgan fingerprint density at radius 1 is 1.12 bits per heavy atom. The quantitative estimate of drug-likeness (QED) is 0.749. The van der Waals surface area contributed by atoms with Crippen molar-refractivity contribution in [3.8, 4) is 5.75 Å². The number of aromatic nitrogens is 1. The van der Waals surface area contributed by atoms with Crippen LogP contribution < -0.4 is 16.0 Å². The summed E-state index contributed by atoms with van der Waals surface area (Å²) in [5, 5.41) is 0.804. The van der Waals surface area contributed by atoms with Gasteiger partial charge in [0.05, 0.1) is 18.5 Å². The molecule has 1 aromatic heterocycles. The van der Waals surface area contributed by atoms with Gasteiger partial charge in [-0.3, -0.25) is 9.59 Å². The molecule has 122 valence electrons. The fourth-order valence-electron chi connectivity index (χ4n) is 2.59. The smallest absolute Gasteiger partial charge is 0.260 e. The normalized spacial score (nSPS) is 10.7. The molecule has 0 atom stereocenters. The molecule has 2 aromatic carbocycles. The summed E-state index contributed by atoms with van der Waals surface area (Å²) in [6.07, 6.45) is 0.0994. The van der Waals surface area contributed by atoms with Crippen molar-refractivity contribution in [1.82, 2.24) is 4.57 Å². The lowest BCUT2D eigenvalue weighted by molar-refractivity contribution is 0.0882. The van der Waals surface area contributed by atoms with Crippen LogP contribution >= 0.6 is 0 Å². The third-order valence-electron chi connectivity index (χ3n) is 3.79. The maximum atomic E-state index is 12.6. The Balaban J connectivity index is 1.87. The monoisotopic (exact) mass is 322 g/mol. The average molecular weight is 322 g/mol. The zero-order chi connectivity index (χ0) is 17.1. The first kappa shape index (κ1) is 15.8. The van der Waals surface area contributed by atoms with Gasteiger partial charge in [-0.25, -0.2) is 4.57 Å². The molecule has 1 heterocycles. The Morgan fingerprint density at radius 2 is 1.88 bits per heavy atom. The Kier molecular flexibility index (Phi) is 4.33. The largest absolute Gasteiger partial charge is 0.493 e. The Labute approximate surface area is 139 Å². The lowest BCUT2D eigenvalue weighted by Gasteiger charge is -2.11. The molecule has 0 unspecified atom stereocenters. The highest BCUT2D eigenvalue weighted by molar-refractivity contribution is 5.93. The SMILES string of the molecule is Cc1cc2ccc(N)cc2n(C(=O)CCOc2ccccc2)c1=O. The summed E-state index contributed by atoms with van der Waals surface area (Å²) < 4.78 is 6.73. The number of para-hydroxylation sites is 1. The standard InChI is InChI=1S/C19H18N2O3/c1-13-11-14-7-8-15(20)12-17(14)21(19(13)23)18(22)9-10-24-16-5-3-2-4-6-16/h2-8,11-12H,9-10,20H2,1H3. The molecule has 2 N–H and O–H groups in total. The van der Waals surface area contributed by atoms with E-state index in [1.807, 2.05) is 30.3 Å². The summed E-state index contributed by atoms with van der Waals surface area (Å²) >= 11 is 0. The van der Waals surface area contributed by atoms with Gasteiger partial charge >= 0.3 is 0 Å². The van der Waals surface area contributed by atoms with Crippen molar-refractivity contribution in [3.05, 3.63) is 70.5 Å². The molecule has 0 aliphatic rings. The third kappa shape index (κ3) is 3.15. The number of hydrogen-bond donors (Lipinski definition) is 1. The van der Waals surface area contributed by atoms with Crippen LogP contribution in [0.4, 0.5) is 5.69 Å². The fourth-order valence-corrected chi connectivity index (χ4v) is 2.59. The van der Waals surface area contributed by atoms with Crippen LogP contribution in [0.25, 0.3) is 10.9 Å². The molecule has 0 aliphatic heterocycles. The molecule has 0 saturated heterocycles. The molecule has 0 saturated carbocycles. The van der Waals surface area contributed by atoms with Gasteiger partial charge in [-0.05, 0) is 42.6 Å². The molecule has 0 fully saturated rings. The van der Waals surface area contributed by atoms with Crippen molar-refractivity contribution in [3.63, 3.8) is 0 Å². The van der Waals surface area contributed by atoms with E-state index in [0.29, 0.717) is 22.5 Å². The van der Waals surface area contributed by atoms with Crippen molar-refractivity contribution >= 4 is 22.5 Å². The summed E-state index contributed by atoms with van der Waals surface area (Å²) in [5.74, 6) is 0.381. The first-order valence-corrected chi connectivity index (χ1v) is 7.69. The highest BCUT2D eigenvalue weighted by Gasteiger charge is 2.14. The zero-order valence-electron chi connectivity index (χ0n) is 13.4. The minimum absolute atomic E-state index is 0.0994. The second kappa shape index (κ2) is 6.58. The molecular weight excluding hydrogens is 304 g/mol. The van der Waals surface area contributed by atoms with Crippen LogP contribution in [0.15, 0.2) is 59.4 Å². The van der Waals surface area contributed by atoms with Crippen LogP contribution in [0.3, 0.4) is 0 Å². The number of hydrogen-bond acceptors (Lipinski definition) is 4. The topological polar surface area (TPSA) is 74.3 Å². The number of ether oxygens (including phenoxy) is 1. The van der Waals surface area contributed by atoms with E-state index in [9.17, 15) is 9.59 Å². The average Bonchev–Trinajstić information content (AvgIpc) is 2.57. The maximum Gasteiger partial charge on any atom is 0.260 e. The Morgan fingerprint density at radius 3 is 2.62 bits per heavy atom. The van der Waals surface area contributed by atoms with Gasteiger partial charge in [0.25, 0.3) is 5.56 Å². The first-order valence-electron chi connectivity index (χ1n) is 7.69. The van der Waals surface area contributed by atoms with Gasteiger partial charge in [-0.2, -0.15) is 0 Å². The first-order chi connectivity index (χ1) is 11.6. The molecule has 0 bridgehead atoms. The van der Waals surface area contributed by atoms with Crippen molar-refractivity contribution in [2.75, 3.05) is 12.3 Å². The van der Waals surface area contributed by atoms with E-state index in [4.69, 9.17) is 10.5 Å². The van der Waals surface area contributed by atoms with Gasteiger partial charge in [0.1, 0.15) is 5.75 Å². The second-order valence-electron chi connectivity index (χ2n) is 5.59. The van der Waals surface area contributed by atoms with Crippen molar-refractivity contribution < 1.29 is 9.53 Å². The van der Waals surface area contributed by atoms with Gasteiger partial charge < -0.3 is 10.5 Å². The molecule has 3 rings (SSSR count). The molecule has 0 radical (unpaired) electrons. The summed E-state index contributed by atoms with van der Waals surface area (Å²) in [5.41, 5.74) is 7.03. The number of carbonyl (C=O) groups excluding carboxylic acids is 1. The highest BCUT2D eigenvalue weighted by Crippen LogP contribution is 2.17. The van der Waals surface area contributed by atoms with Gasteiger partial charge in [-0.1, -0.05) is 24.3 Å². The van der Waals surface area contributed by atoms with E-state index in [-0.39, 0.29) is 24.5 Å². The van der Waals surface area contributed by atoms with Crippen LogP contribution in [0.1, 0.15) is 16.8 Å². The van der Waals surface area contributed by atoms with Crippen molar-refractivity contribution in [2.24, 2.45) is 0 Å². The number of fused-ring (bicyclic) bond motifs is 1. The number of carbonyl (C=O) groups is 1. The van der Waals surface area contributed by atoms with Crippen LogP contribution in [-0.4, -0.2) is 17.1 Å². The van der Waals surface area contributed by atoms with Crippen LogP contribution in [-0.2, 0) is 0 Å². The number of nitrogen functional groups attached to an aromatic ring is 1. The van der Waals surface area contributed by atoms with Gasteiger partial charge in [0.2, 0.25) is 5.91 Å². The lowest BCUT2D eigenvalue weighted by atomic mass is 10.1. The number of benzene rings is 2. The van der Waals surface area contributed by atoms with E-state index in [1.54, 1.807) is 31.2 Å². The van der Waals surface area contributed by atoms with Crippen molar-refractivity contribution in [2.45, 2.75) is 13.3 Å². The lowest BCUT2D eigenvalue weighted by Crippen LogP contribution is -2.29. The number of nitrogens with two attached hydrogens (primary N) is 1. The van der Waals surface area contributed by atoms with E-state index in [0.717, 1.165) is 5.39 Å². The second-order valence-corrected chi connectivity index (χ2v) is 5.59. The molecule has 5 heteroatoms. The van der Waals surface area contributed by atoms with E-state index in [1.165, 1.54) is 4.57 Å². The number of anilines is 1. The van der Waals surface area contributed by atoms with Crippen LogP contribution in [0.5, 0.6) is 5.75 Å². The molecule has 0 aliphatic carbocycles. The van der Waals surface area contributed by atoms with E-state index < -0.39 is 0 Å². The minimum atomic E-state index is -0.321. The van der Waals surface area contributed by atoms with Gasteiger partial charge in [0.15, 0.2) is 0 Å². The number of aryl methyl sites for hydroxylation is 1.